The van der Waals surface area contributed by atoms with E-state index in [-0.39, 0.29) is 5.71 Å². The van der Waals surface area contributed by atoms with Gasteiger partial charge >= 0.3 is 5.97 Å². The molecule has 6 heteroatoms. The number of rotatable bonds is 7. The molecule has 1 aromatic carbocycles. The number of Topliss-reactive ketones (excluding diaryl/α,β-unsaturated/α-hetero) is 1. The molecular weight excluding hydrogens is 288 g/mol. The molecule has 0 aliphatic heterocycles. The quantitative estimate of drug-likeness (QED) is 0.474. The van der Waals surface area contributed by atoms with Crippen molar-refractivity contribution in [2.24, 2.45) is 5.92 Å². The summed E-state index contributed by atoms with van der Waals surface area (Å²) >= 11 is 1.33. The molecule has 1 rings (SSSR count). The number of carbonyl (C=O) groups is 2. The van der Waals surface area contributed by atoms with E-state index in [1.54, 1.807) is 13.0 Å². The van der Waals surface area contributed by atoms with Crippen molar-refractivity contribution in [1.82, 2.24) is 0 Å². The summed E-state index contributed by atoms with van der Waals surface area (Å²) in [5.74, 6) is -2.23. The number of ketones is 1. The van der Waals surface area contributed by atoms with E-state index >= 15 is 0 Å². The Labute approximate surface area is 127 Å². The van der Waals surface area contributed by atoms with Crippen molar-refractivity contribution in [3.05, 3.63) is 30.3 Å². The third-order valence-electron chi connectivity index (χ3n) is 2.63. The van der Waals surface area contributed by atoms with E-state index < -0.39 is 29.5 Å². The zero-order valence-electron chi connectivity index (χ0n) is 11.8. The van der Waals surface area contributed by atoms with Crippen molar-refractivity contribution >= 4 is 29.2 Å². The Morgan fingerprint density at radius 2 is 2.00 bits per heavy atom. The monoisotopic (exact) mass is 304 g/mol. The van der Waals surface area contributed by atoms with Gasteiger partial charge in [-0.1, -0.05) is 18.2 Å². The van der Waals surface area contributed by atoms with E-state index in [2.05, 4.69) is 0 Å². The summed E-state index contributed by atoms with van der Waals surface area (Å²) in [6.07, 6.45) is 0. The molecule has 0 bridgehead atoms. The van der Waals surface area contributed by atoms with E-state index in [0.717, 1.165) is 4.90 Å². The maximum absolute atomic E-state index is 11.8. The number of carbonyl (C=O) groups excluding carboxylic acids is 2. The van der Waals surface area contributed by atoms with E-state index in [0.29, 0.717) is 0 Å². The van der Waals surface area contributed by atoms with Crippen LogP contribution in [0, 0.1) is 22.7 Å². The van der Waals surface area contributed by atoms with E-state index in [4.69, 9.17) is 15.4 Å². The molecule has 2 atom stereocenters. The number of thioether (sulfide) groups is 1. The first-order chi connectivity index (χ1) is 9.95. The number of nitrogens with zero attached hydrogens (tertiary/aromatic N) is 1. The molecule has 110 valence electrons. The Bertz CT molecular complexity index is 566. The maximum atomic E-state index is 11.8. The highest BCUT2D eigenvalue weighted by Crippen LogP contribution is 2.23. The van der Waals surface area contributed by atoms with Crippen LogP contribution in [-0.2, 0) is 14.3 Å². The lowest BCUT2D eigenvalue weighted by Gasteiger charge is -2.12. The molecule has 0 radical (unpaired) electrons. The van der Waals surface area contributed by atoms with Crippen molar-refractivity contribution in [2.45, 2.75) is 24.0 Å². The largest absolute Gasteiger partial charge is 0.457 e. The lowest BCUT2D eigenvalue weighted by atomic mass is 10.0. The normalized spacial score (nSPS) is 12.8. The number of benzene rings is 1. The smallest absolute Gasteiger partial charge is 0.319 e. The fraction of sp³-hybridized carbons (Fsp3) is 0.333. The van der Waals surface area contributed by atoms with Crippen molar-refractivity contribution < 1.29 is 14.3 Å². The second-order valence-electron chi connectivity index (χ2n) is 4.39. The van der Waals surface area contributed by atoms with Gasteiger partial charge in [0.2, 0.25) is 0 Å². The molecular formula is C15H16N2O3S. The van der Waals surface area contributed by atoms with Crippen LogP contribution in [0.25, 0.3) is 0 Å². The summed E-state index contributed by atoms with van der Waals surface area (Å²) in [6, 6.07) is 11.1. The number of nitriles is 1. The highest BCUT2D eigenvalue weighted by atomic mass is 32.2. The van der Waals surface area contributed by atoms with Gasteiger partial charge < -0.3 is 10.1 Å². The number of esters is 1. The Kier molecular flexibility index (Phi) is 6.63. The summed E-state index contributed by atoms with van der Waals surface area (Å²) in [5, 5.41) is 15.6. The van der Waals surface area contributed by atoms with Gasteiger partial charge in [-0.25, -0.2) is 0 Å². The minimum absolute atomic E-state index is 0.0507. The van der Waals surface area contributed by atoms with Gasteiger partial charge in [0.15, 0.2) is 12.4 Å². The summed E-state index contributed by atoms with van der Waals surface area (Å²) in [4.78, 5) is 24.4. The minimum Gasteiger partial charge on any atom is -0.457 e. The zero-order chi connectivity index (χ0) is 15.8. The maximum Gasteiger partial charge on any atom is 0.319 e. The van der Waals surface area contributed by atoms with E-state index in [1.165, 1.54) is 18.7 Å². The molecule has 0 aliphatic carbocycles. The van der Waals surface area contributed by atoms with Crippen molar-refractivity contribution in [3.8, 4) is 6.07 Å². The highest BCUT2D eigenvalue weighted by molar-refractivity contribution is 8.00. The molecule has 1 aromatic rings. The average Bonchev–Trinajstić information content (AvgIpc) is 2.46. The van der Waals surface area contributed by atoms with Crippen molar-refractivity contribution in [1.29, 1.82) is 10.7 Å². The lowest BCUT2D eigenvalue weighted by molar-refractivity contribution is -0.147. The molecule has 5 nitrogen and oxygen atoms in total. The molecule has 21 heavy (non-hydrogen) atoms. The van der Waals surface area contributed by atoms with Crippen LogP contribution in [0.5, 0.6) is 0 Å². The molecule has 0 heterocycles. The standard InChI is InChI=1S/C15H16N2O3S/c1-10(17)13(8-16)14(18)9-20-15(19)11(2)21-12-6-4-3-5-7-12/h3-7,11,13,17H,9H2,1-2H3/t11-,13-/m1/s1. The van der Waals surface area contributed by atoms with Gasteiger partial charge in [-0.2, -0.15) is 5.26 Å². The van der Waals surface area contributed by atoms with Crippen LogP contribution in [-0.4, -0.2) is 29.3 Å². The summed E-state index contributed by atoms with van der Waals surface area (Å²) in [6.45, 7) is 2.59. The molecule has 0 fully saturated rings. The van der Waals surface area contributed by atoms with Gasteiger partial charge in [-0.15, -0.1) is 11.8 Å². The zero-order valence-corrected chi connectivity index (χ0v) is 12.6. The number of ether oxygens (including phenoxy) is 1. The predicted octanol–water partition coefficient (Wildman–Crippen LogP) is 2.46. The first kappa shape index (κ1) is 16.9. The van der Waals surface area contributed by atoms with Crippen LogP contribution in [0.2, 0.25) is 0 Å². The van der Waals surface area contributed by atoms with Gasteiger partial charge in [0.05, 0.1) is 6.07 Å². The second kappa shape index (κ2) is 8.22. The van der Waals surface area contributed by atoms with E-state index in [9.17, 15) is 9.59 Å². The number of nitrogens with one attached hydrogen (secondary N) is 1. The van der Waals surface area contributed by atoms with Gasteiger partial charge in [0, 0.05) is 10.6 Å². The Balaban J connectivity index is 2.48. The third-order valence-corrected chi connectivity index (χ3v) is 3.72. The molecule has 0 amide bonds. The predicted molar refractivity (Wildman–Crippen MR) is 80.2 cm³/mol. The van der Waals surface area contributed by atoms with Gasteiger partial charge in [-0.3, -0.25) is 9.59 Å². The average molecular weight is 304 g/mol. The molecule has 0 spiro atoms. The summed E-state index contributed by atoms with van der Waals surface area (Å²) < 4.78 is 4.91. The third kappa shape index (κ3) is 5.40. The minimum atomic E-state index is -1.14. The van der Waals surface area contributed by atoms with Crippen LogP contribution in [0.15, 0.2) is 35.2 Å². The van der Waals surface area contributed by atoms with Gasteiger partial charge in [-0.05, 0) is 26.0 Å². The first-order valence-corrected chi connectivity index (χ1v) is 7.19. The highest BCUT2D eigenvalue weighted by Gasteiger charge is 2.23. The van der Waals surface area contributed by atoms with Gasteiger partial charge in [0.1, 0.15) is 11.2 Å². The molecule has 0 saturated heterocycles. The Morgan fingerprint density at radius 3 is 2.52 bits per heavy atom. The molecule has 1 N–H and O–H groups in total. The van der Waals surface area contributed by atoms with Gasteiger partial charge in [0.25, 0.3) is 0 Å². The molecule has 0 saturated carbocycles. The SMILES string of the molecule is CC(=N)[C@@H](C#N)C(=O)COC(=O)[C@@H](C)Sc1ccccc1. The summed E-state index contributed by atoms with van der Waals surface area (Å²) in [5.41, 5.74) is -0.0507. The summed E-state index contributed by atoms with van der Waals surface area (Å²) in [7, 11) is 0. The number of hydrogen-bond donors (Lipinski definition) is 1. The second-order valence-corrected chi connectivity index (χ2v) is 5.81. The molecule has 0 unspecified atom stereocenters. The van der Waals surface area contributed by atoms with E-state index in [1.807, 2.05) is 30.3 Å². The topological polar surface area (TPSA) is 91.0 Å². The van der Waals surface area contributed by atoms with Crippen LogP contribution >= 0.6 is 11.8 Å². The lowest BCUT2D eigenvalue weighted by Crippen LogP contribution is -2.27. The van der Waals surface area contributed by atoms with Crippen LogP contribution in [0.1, 0.15) is 13.8 Å². The Hall–Kier alpha value is -2.13. The fourth-order valence-electron chi connectivity index (χ4n) is 1.50. The van der Waals surface area contributed by atoms with Crippen molar-refractivity contribution in [3.63, 3.8) is 0 Å². The first-order valence-electron chi connectivity index (χ1n) is 6.31. The number of hydrogen-bond acceptors (Lipinski definition) is 6. The van der Waals surface area contributed by atoms with Crippen molar-refractivity contribution in [2.75, 3.05) is 6.61 Å². The molecule has 0 aromatic heterocycles. The van der Waals surface area contributed by atoms with Crippen LogP contribution in [0.4, 0.5) is 0 Å². The molecule has 0 aliphatic rings. The van der Waals surface area contributed by atoms with Crippen LogP contribution in [0.3, 0.4) is 0 Å². The Morgan fingerprint density at radius 1 is 1.38 bits per heavy atom. The van der Waals surface area contributed by atoms with Crippen LogP contribution < -0.4 is 0 Å². The fourth-order valence-corrected chi connectivity index (χ4v) is 2.39.